The van der Waals surface area contributed by atoms with Crippen LogP contribution < -0.4 is 0 Å². The molecule has 0 bridgehead atoms. The zero-order valence-electron chi connectivity index (χ0n) is 11.5. The van der Waals surface area contributed by atoms with Crippen LogP contribution in [0.3, 0.4) is 0 Å². The van der Waals surface area contributed by atoms with Crippen LogP contribution in [0.2, 0.25) is 0 Å². The van der Waals surface area contributed by atoms with Gasteiger partial charge in [-0.1, -0.05) is 43.7 Å². The Hall–Kier alpha value is -2.13. The zero-order valence-corrected chi connectivity index (χ0v) is 11.5. The highest BCUT2D eigenvalue weighted by Crippen LogP contribution is 2.22. The standard InChI is InChI=1S/C17H18N2O/c1-2-5-13-7-9-14(10-8-13)17(20)15-12-19-11-4-3-6-16(19)18-15/h3-4,6-12,17,20H,2,5H2,1H3. The maximum absolute atomic E-state index is 10.4. The molecule has 1 atom stereocenters. The van der Waals surface area contributed by atoms with Crippen molar-refractivity contribution in [1.82, 2.24) is 9.38 Å². The Morgan fingerprint density at radius 2 is 1.95 bits per heavy atom. The summed E-state index contributed by atoms with van der Waals surface area (Å²) in [5, 5.41) is 10.4. The van der Waals surface area contributed by atoms with Gasteiger partial charge in [-0.15, -0.1) is 0 Å². The summed E-state index contributed by atoms with van der Waals surface area (Å²) in [4.78, 5) is 4.46. The quantitative estimate of drug-likeness (QED) is 0.786. The molecular weight excluding hydrogens is 248 g/mol. The van der Waals surface area contributed by atoms with Crippen LogP contribution in [0.1, 0.15) is 36.3 Å². The predicted octanol–water partition coefficient (Wildman–Crippen LogP) is 3.37. The highest BCUT2D eigenvalue weighted by Gasteiger charge is 2.14. The molecule has 20 heavy (non-hydrogen) atoms. The molecule has 3 aromatic rings. The van der Waals surface area contributed by atoms with Crippen molar-refractivity contribution in [2.24, 2.45) is 0 Å². The first kappa shape index (κ1) is 12.9. The monoisotopic (exact) mass is 266 g/mol. The number of rotatable bonds is 4. The summed E-state index contributed by atoms with van der Waals surface area (Å²) in [7, 11) is 0. The van der Waals surface area contributed by atoms with E-state index in [4.69, 9.17) is 0 Å². The van der Waals surface area contributed by atoms with E-state index in [1.165, 1.54) is 5.56 Å². The normalized spacial score (nSPS) is 12.7. The van der Waals surface area contributed by atoms with E-state index in [-0.39, 0.29) is 0 Å². The van der Waals surface area contributed by atoms with Gasteiger partial charge in [0.05, 0.1) is 5.69 Å². The molecule has 0 radical (unpaired) electrons. The average molecular weight is 266 g/mol. The summed E-state index contributed by atoms with van der Waals surface area (Å²) in [6.07, 6.45) is 5.34. The van der Waals surface area contributed by atoms with Crippen molar-refractivity contribution in [3.8, 4) is 0 Å². The van der Waals surface area contributed by atoms with Crippen LogP contribution in [0.15, 0.2) is 54.9 Å². The topological polar surface area (TPSA) is 37.5 Å². The predicted molar refractivity (Wildman–Crippen MR) is 79.7 cm³/mol. The van der Waals surface area contributed by atoms with Crippen molar-refractivity contribution in [3.63, 3.8) is 0 Å². The molecule has 3 heteroatoms. The Labute approximate surface area is 118 Å². The summed E-state index contributed by atoms with van der Waals surface area (Å²) in [6.45, 7) is 2.17. The smallest absolute Gasteiger partial charge is 0.137 e. The molecule has 0 spiro atoms. The number of aliphatic hydroxyl groups excluding tert-OH is 1. The molecule has 0 aliphatic rings. The molecule has 0 amide bonds. The van der Waals surface area contributed by atoms with Gasteiger partial charge in [-0.05, 0) is 29.7 Å². The van der Waals surface area contributed by atoms with E-state index in [9.17, 15) is 5.11 Å². The Kier molecular flexibility index (Phi) is 3.52. The van der Waals surface area contributed by atoms with Crippen molar-refractivity contribution < 1.29 is 5.11 Å². The largest absolute Gasteiger partial charge is 0.382 e. The lowest BCUT2D eigenvalue weighted by Crippen LogP contribution is -2.00. The van der Waals surface area contributed by atoms with Crippen molar-refractivity contribution >= 4 is 5.65 Å². The number of nitrogens with zero attached hydrogens (tertiary/aromatic N) is 2. The van der Waals surface area contributed by atoms with Gasteiger partial charge in [-0.2, -0.15) is 0 Å². The van der Waals surface area contributed by atoms with Crippen LogP contribution in [0.4, 0.5) is 0 Å². The molecule has 1 aromatic carbocycles. The fourth-order valence-corrected chi connectivity index (χ4v) is 2.41. The molecule has 102 valence electrons. The van der Waals surface area contributed by atoms with Crippen LogP contribution in [-0.2, 0) is 6.42 Å². The highest BCUT2D eigenvalue weighted by molar-refractivity contribution is 5.41. The minimum Gasteiger partial charge on any atom is -0.382 e. The number of hydrogen-bond acceptors (Lipinski definition) is 2. The van der Waals surface area contributed by atoms with Gasteiger partial charge < -0.3 is 9.51 Å². The van der Waals surface area contributed by atoms with Crippen LogP contribution in [0.5, 0.6) is 0 Å². The van der Waals surface area contributed by atoms with E-state index in [1.54, 1.807) is 0 Å². The first-order chi connectivity index (χ1) is 9.78. The van der Waals surface area contributed by atoms with E-state index >= 15 is 0 Å². The number of hydrogen-bond donors (Lipinski definition) is 1. The molecule has 2 heterocycles. The molecule has 2 aromatic heterocycles. The molecule has 1 unspecified atom stereocenters. The molecule has 3 rings (SSSR count). The van der Waals surface area contributed by atoms with Gasteiger partial charge in [0.2, 0.25) is 0 Å². The third kappa shape index (κ3) is 2.45. The maximum atomic E-state index is 10.4. The Bertz CT molecular complexity index is 667. The summed E-state index contributed by atoms with van der Waals surface area (Å²) in [5.41, 5.74) is 3.72. The summed E-state index contributed by atoms with van der Waals surface area (Å²) in [5.74, 6) is 0. The van der Waals surface area contributed by atoms with Crippen LogP contribution in [-0.4, -0.2) is 14.5 Å². The van der Waals surface area contributed by atoms with E-state index < -0.39 is 6.10 Å². The lowest BCUT2D eigenvalue weighted by atomic mass is 10.0. The lowest BCUT2D eigenvalue weighted by Gasteiger charge is -2.08. The Balaban J connectivity index is 1.89. The average Bonchev–Trinajstić information content (AvgIpc) is 2.91. The second kappa shape index (κ2) is 5.47. The molecule has 1 N–H and O–H groups in total. The first-order valence-electron chi connectivity index (χ1n) is 6.98. The number of aromatic nitrogens is 2. The minimum atomic E-state index is -0.675. The SMILES string of the molecule is CCCc1ccc(C(O)c2cn3ccccc3n2)cc1. The Morgan fingerprint density at radius 3 is 2.65 bits per heavy atom. The van der Waals surface area contributed by atoms with E-state index in [2.05, 4.69) is 24.0 Å². The molecule has 0 fully saturated rings. The number of pyridine rings is 1. The van der Waals surface area contributed by atoms with Gasteiger partial charge in [0.25, 0.3) is 0 Å². The fourth-order valence-electron chi connectivity index (χ4n) is 2.41. The van der Waals surface area contributed by atoms with Crippen molar-refractivity contribution in [3.05, 3.63) is 71.7 Å². The van der Waals surface area contributed by atoms with Gasteiger partial charge in [-0.3, -0.25) is 0 Å². The van der Waals surface area contributed by atoms with Crippen molar-refractivity contribution in [1.29, 1.82) is 0 Å². The van der Waals surface area contributed by atoms with E-state index in [1.807, 2.05) is 47.1 Å². The molecular formula is C17H18N2O. The number of fused-ring (bicyclic) bond motifs is 1. The summed E-state index contributed by atoms with van der Waals surface area (Å²) in [6, 6.07) is 14.0. The third-order valence-electron chi connectivity index (χ3n) is 3.50. The number of imidazole rings is 1. The van der Waals surface area contributed by atoms with Gasteiger partial charge in [-0.25, -0.2) is 4.98 Å². The van der Waals surface area contributed by atoms with Crippen molar-refractivity contribution in [2.75, 3.05) is 0 Å². The van der Waals surface area contributed by atoms with Crippen LogP contribution >= 0.6 is 0 Å². The maximum Gasteiger partial charge on any atom is 0.137 e. The van der Waals surface area contributed by atoms with E-state index in [0.717, 1.165) is 24.1 Å². The minimum absolute atomic E-state index is 0.675. The third-order valence-corrected chi connectivity index (χ3v) is 3.50. The van der Waals surface area contributed by atoms with E-state index in [0.29, 0.717) is 5.69 Å². The zero-order chi connectivity index (χ0) is 13.9. The lowest BCUT2D eigenvalue weighted by molar-refractivity contribution is 0.216. The number of benzene rings is 1. The molecule has 0 saturated heterocycles. The molecule has 0 aliphatic heterocycles. The molecule has 0 saturated carbocycles. The second-order valence-electron chi connectivity index (χ2n) is 5.03. The first-order valence-corrected chi connectivity index (χ1v) is 6.98. The summed E-state index contributed by atoms with van der Waals surface area (Å²) >= 11 is 0. The Morgan fingerprint density at radius 1 is 1.15 bits per heavy atom. The van der Waals surface area contributed by atoms with Crippen molar-refractivity contribution in [2.45, 2.75) is 25.9 Å². The number of aryl methyl sites for hydroxylation is 1. The van der Waals surface area contributed by atoms with Gasteiger partial charge in [0.1, 0.15) is 11.8 Å². The second-order valence-corrected chi connectivity index (χ2v) is 5.03. The van der Waals surface area contributed by atoms with Crippen LogP contribution in [0.25, 0.3) is 5.65 Å². The van der Waals surface area contributed by atoms with Crippen LogP contribution in [0, 0.1) is 0 Å². The molecule has 3 nitrogen and oxygen atoms in total. The molecule has 0 aliphatic carbocycles. The summed E-state index contributed by atoms with van der Waals surface area (Å²) < 4.78 is 1.92. The highest BCUT2D eigenvalue weighted by atomic mass is 16.3. The fraction of sp³-hybridized carbons (Fsp3) is 0.235. The number of aliphatic hydroxyl groups is 1. The van der Waals surface area contributed by atoms with Gasteiger partial charge in [0, 0.05) is 12.4 Å². The van der Waals surface area contributed by atoms with Gasteiger partial charge >= 0.3 is 0 Å². The van der Waals surface area contributed by atoms with Gasteiger partial charge in [0.15, 0.2) is 0 Å².